The molecular weight excluding hydrogens is 228 g/mol. The first kappa shape index (κ1) is 11.2. The molecule has 1 saturated heterocycles. The van der Waals surface area contributed by atoms with Gasteiger partial charge in [-0.15, -0.1) is 5.10 Å². The molecule has 1 fully saturated rings. The quantitative estimate of drug-likeness (QED) is 0.812. The molecule has 0 amide bonds. The van der Waals surface area contributed by atoms with E-state index < -0.39 is 0 Å². The van der Waals surface area contributed by atoms with Gasteiger partial charge in [0.15, 0.2) is 0 Å². The van der Waals surface area contributed by atoms with Crippen molar-refractivity contribution in [1.82, 2.24) is 15.0 Å². The zero-order chi connectivity index (χ0) is 12.2. The molecule has 0 atom stereocenters. The van der Waals surface area contributed by atoms with Crippen LogP contribution in [0.4, 0.5) is 5.69 Å². The molecule has 5 heteroatoms. The molecule has 2 aromatic rings. The Morgan fingerprint density at radius 1 is 1.11 bits per heavy atom. The highest BCUT2D eigenvalue weighted by atomic mass is 16.5. The van der Waals surface area contributed by atoms with E-state index in [1.165, 1.54) is 11.3 Å². The van der Waals surface area contributed by atoms with E-state index in [0.717, 1.165) is 32.8 Å². The molecule has 0 aliphatic carbocycles. The summed E-state index contributed by atoms with van der Waals surface area (Å²) in [6.45, 7) is 4.36. The van der Waals surface area contributed by atoms with Crippen LogP contribution in [0.2, 0.25) is 0 Å². The number of anilines is 1. The molecule has 0 spiro atoms. The lowest BCUT2D eigenvalue weighted by Gasteiger charge is -2.28. The third-order valence-corrected chi connectivity index (χ3v) is 3.13. The highest BCUT2D eigenvalue weighted by Gasteiger charge is 2.10. The minimum Gasteiger partial charge on any atom is -0.378 e. The van der Waals surface area contributed by atoms with Crippen LogP contribution in [0.3, 0.4) is 0 Å². The fourth-order valence-electron chi connectivity index (χ4n) is 2.14. The molecule has 0 radical (unpaired) electrons. The van der Waals surface area contributed by atoms with Crippen molar-refractivity contribution in [3.05, 3.63) is 42.2 Å². The van der Waals surface area contributed by atoms with Crippen molar-refractivity contribution in [2.45, 2.75) is 6.54 Å². The molecule has 5 nitrogen and oxygen atoms in total. The number of nitrogens with zero attached hydrogens (tertiary/aromatic N) is 4. The average Bonchev–Trinajstić information content (AvgIpc) is 2.94. The zero-order valence-corrected chi connectivity index (χ0v) is 10.2. The van der Waals surface area contributed by atoms with Gasteiger partial charge in [-0.1, -0.05) is 17.3 Å². The van der Waals surface area contributed by atoms with Crippen LogP contribution < -0.4 is 4.90 Å². The van der Waals surface area contributed by atoms with Crippen molar-refractivity contribution in [3.63, 3.8) is 0 Å². The van der Waals surface area contributed by atoms with E-state index in [-0.39, 0.29) is 0 Å². The molecule has 1 aliphatic heterocycles. The molecule has 2 heterocycles. The van der Waals surface area contributed by atoms with Gasteiger partial charge in [0.1, 0.15) is 0 Å². The molecule has 0 bridgehead atoms. The van der Waals surface area contributed by atoms with Gasteiger partial charge in [0.2, 0.25) is 0 Å². The zero-order valence-electron chi connectivity index (χ0n) is 10.2. The van der Waals surface area contributed by atoms with Crippen molar-refractivity contribution in [2.75, 3.05) is 31.2 Å². The topological polar surface area (TPSA) is 43.2 Å². The maximum atomic E-state index is 5.35. The SMILES string of the molecule is c1cn(Cc2ccc(N3CCOCC3)cc2)nn1. The summed E-state index contributed by atoms with van der Waals surface area (Å²) in [5.74, 6) is 0. The summed E-state index contributed by atoms with van der Waals surface area (Å²) in [6.07, 6.45) is 3.57. The van der Waals surface area contributed by atoms with Crippen molar-refractivity contribution < 1.29 is 4.74 Å². The normalized spacial score (nSPS) is 15.9. The van der Waals surface area contributed by atoms with Gasteiger partial charge in [-0.2, -0.15) is 0 Å². The van der Waals surface area contributed by atoms with Crippen LogP contribution in [-0.2, 0) is 11.3 Å². The number of hydrogen-bond acceptors (Lipinski definition) is 4. The van der Waals surface area contributed by atoms with E-state index in [1.807, 2.05) is 10.9 Å². The minimum absolute atomic E-state index is 0.767. The van der Waals surface area contributed by atoms with Gasteiger partial charge in [0.05, 0.1) is 26.0 Å². The Kier molecular flexibility index (Phi) is 3.23. The number of hydrogen-bond donors (Lipinski definition) is 0. The second-order valence-corrected chi connectivity index (χ2v) is 4.37. The van der Waals surface area contributed by atoms with E-state index >= 15 is 0 Å². The van der Waals surface area contributed by atoms with E-state index in [0.29, 0.717) is 0 Å². The summed E-state index contributed by atoms with van der Waals surface area (Å²) in [5.41, 5.74) is 2.50. The maximum Gasteiger partial charge on any atom is 0.0693 e. The molecule has 1 aromatic heterocycles. The first-order valence-corrected chi connectivity index (χ1v) is 6.17. The third kappa shape index (κ3) is 2.51. The lowest BCUT2D eigenvalue weighted by Crippen LogP contribution is -2.36. The van der Waals surface area contributed by atoms with Crippen molar-refractivity contribution >= 4 is 5.69 Å². The van der Waals surface area contributed by atoms with Gasteiger partial charge in [0.25, 0.3) is 0 Å². The molecule has 0 unspecified atom stereocenters. The second-order valence-electron chi connectivity index (χ2n) is 4.37. The standard InChI is InChI=1S/C13H16N4O/c1-3-13(16-7-9-18-10-8-16)4-2-12(1)11-17-6-5-14-15-17/h1-6H,7-11H2. The minimum atomic E-state index is 0.767. The van der Waals surface area contributed by atoms with Gasteiger partial charge in [-0.25, -0.2) is 4.68 Å². The van der Waals surface area contributed by atoms with Gasteiger partial charge in [-0.05, 0) is 17.7 Å². The van der Waals surface area contributed by atoms with Crippen LogP contribution in [0.15, 0.2) is 36.7 Å². The third-order valence-electron chi connectivity index (χ3n) is 3.13. The van der Waals surface area contributed by atoms with Crippen molar-refractivity contribution in [3.8, 4) is 0 Å². The van der Waals surface area contributed by atoms with E-state index in [2.05, 4.69) is 39.5 Å². The van der Waals surface area contributed by atoms with E-state index in [4.69, 9.17) is 4.74 Å². The van der Waals surface area contributed by atoms with Crippen LogP contribution in [0.1, 0.15) is 5.56 Å². The molecule has 0 N–H and O–H groups in total. The molecular formula is C13H16N4O. The summed E-state index contributed by atoms with van der Waals surface area (Å²) in [7, 11) is 0. The fourth-order valence-corrected chi connectivity index (χ4v) is 2.14. The molecule has 3 rings (SSSR count). The number of ether oxygens (including phenoxy) is 1. The number of benzene rings is 1. The highest BCUT2D eigenvalue weighted by molar-refractivity contribution is 5.47. The second kappa shape index (κ2) is 5.18. The van der Waals surface area contributed by atoms with Gasteiger partial charge in [-0.3, -0.25) is 0 Å². The Morgan fingerprint density at radius 2 is 1.89 bits per heavy atom. The molecule has 94 valence electrons. The lowest BCUT2D eigenvalue weighted by atomic mass is 10.2. The number of aromatic nitrogens is 3. The highest BCUT2D eigenvalue weighted by Crippen LogP contribution is 2.16. The van der Waals surface area contributed by atoms with Crippen LogP contribution in [-0.4, -0.2) is 41.3 Å². The van der Waals surface area contributed by atoms with Crippen molar-refractivity contribution in [2.24, 2.45) is 0 Å². The lowest BCUT2D eigenvalue weighted by molar-refractivity contribution is 0.122. The molecule has 1 aliphatic rings. The summed E-state index contributed by atoms with van der Waals surface area (Å²) >= 11 is 0. The Labute approximate surface area is 106 Å². The largest absolute Gasteiger partial charge is 0.378 e. The van der Waals surface area contributed by atoms with E-state index in [1.54, 1.807) is 6.20 Å². The smallest absolute Gasteiger partial charge is 0.0693 e. The summed E-state index contributed by atoms with van der Waals surface area (Å²) in [4.78, 5) is 2.35. The molecule has 1 aromatic carbocycles. The molecule has 18 heavy (non-hydrogen) atoms. The molecule has 0 saturated carbocycles. The summed E-state index contributed by atoms with van der Waals surface area (Å²) in [5, 5.41) is 7.76. The number of morpholine rings is 1. The maximum absolute atomic E-state index is 5.35. The van der Waals surface area contributed by atoms with Gasteiger partial charge >= 0.3 is 0 Å². The predicted octanol–water partition coefficient (Wildman–Crippen LogP) is 1.16. The van der Waals surface area contributed by atoms with Crippen LogP contribution >= 0.6 is 0 Å². The average molecular weight is 244 g/mol. The Morgan fingerprint density at radius 3 is 2.56 bits per heavy atom. The Hall–Kier alpha value is -1.88. The Balaban J connectivity index is 1.68. The number of rotatable bonds is 3. The van der Waals surface area contributed by atoms with Gasteiger partial charge < -0.3 is 9.64 Å². The Bertz CT molecular complexity index is 474. The van der Waals surface area contributed by atoms with Crippen molar-refractivity contribution in [1.29, 1.82) is 0 Å². The van der Waals surface area contributed by atoms with Crippen LogP contribution in [0.25, 0.3) is 0 Å². The predicted molar refractivity (Wildman–Crippen MR) is 68.6 cm³/mol. The first-order valence-electron chi connectivity index (χ1n) is 6.17. The monoisotopic (exact) mass is 244 g/mol. The summed E-state index contributed by atoms with van der Waals surface area (Å²) < 4.78 is 7.18. The van der Waals surface area contributed by atoms with Crippen LogP contribution in [0, 0.1) is 0 Å². The summed E-state index contributed by atoms with van der Waals surface area (Å²) in [6, 6.07) is 8.62. The first-order chi connectivity index (χ1) is 8.92. The van der Waals surface area contributed by atoms with Crippen LogP contribution in [0.5, 0.6) is 0 Å². The fraction of sp³-hybridized carbons (Fsp3) is 0.385. The van der Waals surface area contributed by atoms with E-state index in [9.17, 15) is 0 Å². The van der Waals surface area contributed by atoms with Gasteiger partial charge in [0, 0.05) is 25.0 Å².